The van der Waals surface area contributed by atoms with Gasteiger partial charge < -0.3 is 4.57 Å². The zero-order chi connectivity index (χ0) is 18.3. The molecule has 0 aliphatic heterocycles. The van der Waals surface area contributed by atoms with Crippen molar-refractivity contribution in [2.45, 2.75) is 20.4 Å². The average molecular weight is 341 g/mol. The van der Waals surface area contributed by atoms with Gasteiger partial charge in [-0.15, -0.1) is 0 Å². The molecular formula is C23H19NO2. The molecule has 0 fully saturated rings. The molecule has 3 heteroatoms. The van der Waals surface area contributed by atoms with E-state index in [-0.39, 0.29) is 11.6 Å². The van der Waals surface area contributed by atoms with Gasteiger partial charge in [-0.1, -0.05) is 30.3 Å². The summed E-state index contributed by atoms with van der Waals surface area (Å²) in [7, 11) is 0. The molecular weight excluding hydrogens is 322 g/mol. The molecule has 0 amide bonds. The average Bonchev–Trinajstić information content (AvgIpc) is 3.00. The number of aromatic nitrogens is 1. The third-order valence-corrected chi connectivity index (χ3v) is 4.89. The van der Waals surface area contributed by atoms with E-state index in [0.717, 1.165) is 28.4 Å². The topological polar surface area (TPSA) is 39.1 Å². The van der Waals surface area contributed by atoms with E-state index >= 15 is 0 Å². The van der Waals surface area contributed by atoms with Crippen LogP contribution >= 0.6 is 0 Å². The summed E-state index contributed by atoms with van der Waals surface area (Å²) in [5, 5.41) is 2.02. The van der Waals surface area contributed by atoms with E-state index in [1.807, 2.05) is 66.7 Å². The number of Topliss-reactive ketones (excluding diaryl/α,β-unsaturated/α-hetero) is 1. The number of aryl methyl sites for hydroxylation is 1. The van der Waals surface area contributed by atoms with Crippen molar-refractivity contribution in [2.75, 3.05) is 0 Å². The van der Waals surface area contributed by atoms with Gasteiger partial charge in [-0.05, 0) is 50.2 Å². The second-order valence-corrected chi connectivity index (χ2v) is 6.46. The summed E-state index contributed by atoms with van der Waals surface area (Å²) in [6, 6.07) is 20.9. The molecule has 0 saturated carbocycles. The standard InChI is InChI=1S/C23H19NO2/c1-3-24-21-11-9-17(15(2)25)13-19(21)20-14-18(10-12-22(20)24)23(26)16-7-5-4-6-8-16/h4-14H,3H2,1-2H3. The Labute approximate surface area is 151 Å². The Kier molecular flexibility index (Phi) is 3.92. The summed E-state index contributed by atoms with van der Waals surface area (Å²) in [6.07, 6.45) is 0. The van der Waals surface area contributed by atoms with Crippen molar-refractivity contribution < 1.29 is 9.59 Å². The second-order valence-electron chi connectivity index (χ2n) is 6.46. The smallest absolute Gasteiger partial charge is 0.193 e. The molecule has 0 aliphatic carbocycles. The van der Waals surface area contributed by atoms with Gasteiger partial charge in [0.05, 0.1) is 0 Å². The molecule has 0 atom stereocenters. The maximum atomic E-state index is 12.8. The fraction of sp³-hybridized carbons (Fsp3) is 0.130. The largest absolute Gasteiger partial charge is 0.341 e. The van der Waals surface area contributed by atoms with E-state index in [1.54, 1.807) is 6.92 Å². The second kappa shape index (κ2) is 6.26. The molecule has 0 spiro atoms. The third kappa shape index (κ3) is 2.53. The van der Waals surface area contributed by atoms with Gasteiger partial charge in [-0.2, -0.15) is 0 Å². The molecule has 0 aliphatic rings. The van der Waals surface area contributed by atoms with Crippen LogP contribution in [0, 0.1) is 0 Å². The third-order valence-electron chi connectivity index (χ3n) is 4.89. The minimum atomic E-state index is 0.00706. The van der Waals surface area contributed by atoms with Crippen molar-refractivity contribution in [1.82, 2.24) is 4.57 Å². The Morgan fingerprint density at radius 2 is 1.35 bits per heavy atom. The number of benzene rings is 3. The molecule has 128 valence electrons. The Bertz CT molecular complexity index is 1150. The van der Waals surface area contributed by atoms with E-state index < -0.39 is 0 Å². The quantitative estimate of drug-likeness (QED) is 0.476. The predicted octanol–water partition coefficient (Wildman–Crippen LogP) is 5.25. The first kappa shape index (κ1) is 16.3. The van der Waals surface area contributed by atoms with Gasteiger partial charge in [-0.25, -0.2) is 0 Å². The number of carbonyl (C=O) groups is 2. The first-order valence-corrected chi connectivity index (χ1v) is 8.77. The maximum Gasteiger partial charge on any atom is 0.193 e. The highest BCUT2D eigenvalue weighted by Gasteiger charge is 2.15. The van der Waals surface area contributed by atoms with Crippen molar-refractivity contribution in [1.29, 1.82) is 0 Å². The van der Waals surface area contributed by atoms with Gasteiger partial charge in [-0.3, -0.25) is 9.59 Å². The van der Waals surface area contributed by atoms with Crippen LogP contribution in [0.5, 0.6) is 0 Å². The molecule has 0 bridgehead atoms. The predicted molar refractivity (Wildman–Crippen MR) is 105 cm³/mol. The molecule has 3 nitrogen and oxygen atoms in total. The lowest BCUT2D eigenvalue weighted by atomic mass is 10.0. The fourth-order valence-corrected chi connectivity index (χ4v) is 3.56. The summed E-state index contributed by atoms with van der Waals surface area (Å²) in [6.45, 7) is 4.50. The van der Waals surface area contributed by atoms with E-state index in [2.05, 4.69) is 11.5 Å². The SMILES string of the molecule is CCn1c2ccc(C(C)=O)cc2c2cc(C(=O)c3ccccc3)ccc21. The molecule has 0 saturated heterocycles. The van der Waals surface area contributed by atoms with Crippen molar-refractivity contribution in [2.24, 2.45) is 0 Å². The van der Waals surface area contributed by atoms with Crippen molar-refractivity contribution in [3.8, 4) is 0 Å². The summed E-state index contributed by atoms with van der Waals surface area (Å²) in [4.78, 5) is 24.6. The fourth-order valence-electron chi connectivity index (χ4n) is 3.56. The molecule has 26 heavy (non-hydrogen) atoms. The van der Waals surface area contributed by atoms with Crippen LogP contribution in [0.1, 0.15) is 40.1 Å². The molecule has 0 unspecified atom stereocenters. The van der Waals surface area contributed by atoms with Crippen molar-refractivity contribution in [3.05, 3.63) is 83.4 Å². The zero-order valence-electron chi connectivity index (χ0n) is 14.8. The monoisotopic (exact) mass is 341 g/mol. The normalized spacial score (nSPS) is 11.2. The Morgan fingerprint density at radius 1 is 0.769 bits per heavy atom. The number of nitrogens with zero attached hydrogens (tertiary/aromatic N) is 1. The van der Waals surface area contributed by atoms with Crippen LogP contribution in [0.4, 0.5) is 0 Å². The highest BCUT2D eigenvalue weighted by atomic mass is 16.1. The van der Waals surface area contributed by atoms with Crippen LogP contribution in [-0.2, 0) is 6.54 Å². The van der Waals surface area contributed by atoms with Crippen LogP contribution in [-0.4, -0.2) is 16.1 Å². The van der Waals surface area contributed by atoms with Gasteiger partial charge in [0, 0.05) is 45.0 Å². The molecule has 1 heterocycles. The molecule has 1 aromatic heterocycles. The number of fused-ring (bicyclic) bond motifs is 3. The number of ketones is 2. The molecule has 3 aromatic carbocycles. The number of carbonyl (C=O) groups excluding carboxylic acids is 2. The van der Waals surface area contributed by atoms with Crippen LogP contribution in [0.3, 0.4) is 0 Å². The zero-order valence-corrected chi connectivity index (χ0v) is 14.8. The Hall–Kier alpha value is -3.20. The van der Waals surface area contributed by atoms with Gasteiger partial charge >= 0.3 is 0 Å². The number of hydrogen-bond acceptors (Lipinski definition) is 2. The molecule has 0 N–H and O–H groups in total. The maximum absolute atomic E-state index is 12.8. The van der Waals surface area contributed by atoms with Crippen LogP contribution in [0.25, 0.3) is 21.8 Å². The van der Waals surface area contributed by atoms with Gasteiger partial charge in [0.15, 0.2) is 11.6 Å². The van der Waals surface area contributed by atoms with E-state index in [0.29, 0.717) is 16.7 Å². The first-order valence-electron chi connectivity index (χ1n) is 8.77. The Balaban J connectivity index is 1.97. The highest BCUT2D eigenvalue weighted by Crippen LogP contribution is 2.31. The van der Waals surface area contributed by atoms with Crippen LogP contribution < -0.4 is 0 Å². The van der Waals surface area contributed by atoms with Crippen LogP contribution in [0.2, 0.25) is 0 Å². The lowest BCUT2D eigenvalue weighted by Crippen LogP contribution is -2.01. The summed E-state index contributed by atoms with van der Waals surface area (Å²) in [5.74, 6) is 0.0495. The number of rotatable bonds is 4. The highest BCUT2D eigenvalue weighted by molar-refractivity contribution is 6.15. The number of hydrogen-bond donors (Lipinski definition) is 0. The Morgan fingerprint density at radius 3 is 1.92 bits per heavy atom. The van der Waals surface area contributed by atoms with Gasteiger partial charge in [0.25, 0.3) is 0 Å². The minimum absolute atomic E-state index is 0.00706. The van der Waals surface area contributed by atoms with Crippen molar-refractivity contribution >= 4 is 33.4 Å². The van der Waals surface area contributed by atoms with Gasteiger partial charge in [0.1, 0.15) is 0 Å². The summed E-state index contributed by atoms with van der Waals surface area (Å²) < 4.78 is 2.21. The van der Waals surface area contributed by atoms with E-state index in [4.69, 9.17) is 0 Å². The summed E-state index contributed by atoms with van der Waals surface area (Å²) in [5.41, 5.74) is 4.18. The molecule has 4 aromatic rings. The lowest BCUT2D eigenvalue weighted by molar-refractivity contribution is 0.101. The van der Waals surface area contributed by atoms with Crippen molar-refractivity contribution in [3.63, 3.8) is 0 Å². The minimum Gasteiger partial charge on any atom is -0.341 e. The van der Waals surface area contributed by atoms with Crippen LogP contribution in [0.15, 0.2) is 66.7 Å². The van der Waals surface area contributed by atoms with E-state index in [9.17, 15) is 9.59 Å². The molecule has 0 radical (unpaired) electrons. The van der Waals surface area contributed by atoms with E-state index in [1.165, 1.54) is 0 Å². The first-order chi connectivity index (χ1) is 12.6. The lowest BCUT2D eigenvalue weighted by Gasteiger charge is -2.04. The molecule has 4 rings (SSSR count). The summed E-state index contributed by atoms with van der Waals surface area (Å²) >= 11 is 0. The van der Waals surface area contributed by atoms with Gasteiger partial charge in [0.2, 0.25) is 0 Å².